The molecule has 0 amide bonds. The topological polar surface area (TPSA) is 21.3 Å². The lowest BCUT2D eigenvalue weighted by molar-refractivity contribution is -0.274. The fourth-order valence-corrected chi connectivity index (χ4v) is 1.66. The third kappa shape index (κ3) is 3.93. The third-order valence-corrected chi connectivity index (χ3v) is 2.68. The Labute approximate surface area is 97.8 Å². The van der Waals surface area contributed by atoms with Crippen LogP contribution in [0.15, 0.2) is 24.3 Å². The predicted molar refractivity (Wildman–Crippen MR) is 57.7 cm³/mol. The summed E-state index contributed by atoms with van der Waals surface area (Å²) in [6, 6.07) is 6.71. The average Bonchev–Trinajstić information content (AvgIpc) is 3.00. The lowest BCUT2D eigenvalue weighted by atomic mass is 10.1. The Balaban J connectivity index is 1.96. The molecule has 1 aromatic rings. The first-order valence-corrected chi connectivity index (χ1v) is 5.56. The van der Waals surface area contributed by atoms with E-state index in [2.05, 4.69) is 10.1 Å². The summed E-state index contributed by atoms with van der Waals surface area (Å²) in [6.07, 6.45) is -2.27. The lowest BCUT2D eigenvalue weighted by Gasteiger charge is -2.14. The molecule has 1 saturated carbocycles. The maximum Gasteiger partial charge on any atom is 0.573 e. The molecule has 1 aromatic carbocycles. The van der Waals surface area contributed by atoms with E-state index in [1.807, 2.05) is 6.92 Å². The van der Waals surface area contributed by atoms with Crippen LogP contribution in [0.5, 0.6) is 5.75 Å². The van der Waals surface area contributed by atoms with E-state index in [1.165, 1.54) is 25.0 Å². The monoisotopic (exact) mass is 245 g/mol. The van der Waals surface area contributed by atoms with Gasteiger partial charge in [-0.1, -0.05) is 12.1 Å². The highest BCUT2D eigenvalue weighted by atomic mass is 19.4. The van der Waals surface area contributed by atoms with Crippen LogP contribution in [0, 0.1) is 0 Å². The van der Waals surface area contributed by atoms with Gasteiger partial charge in [-0.25, -0.2) is 0 Å². The Hall–Kier alpha value is -1.23. The zero-order chi connectivity index (χ0) is 12.5. The van der Waals surface area contributed by atoms with Gasteiger partial charge >= 0.3 is 6.36 Å². The van der Waals surface area contributed by atoms with E-state index in [0.717, 1.165) is 5.56 Å². The van der Waals surface area contributed by atoms with Gasteiger partial charge in [0.1, 0.15) is 5.75 Å². The van der Waals surface area contributed by atoms with E-state index in [-0.39, 0.29) is 11.8 Å². The van der Waals surface area contributed by atoms with Crippen molar-refractivity contribution in [3.63, 3.8) is 0 Å². The molecule has 0 heterocycles. The molecule has 1 atom stereocenters. The molecule has 0 aliphatic heterocycles. The van der Waals surface area contributed by atoms with Gasteiger partial charge in [-0.2, -0.15) is 0 Å². The standard InChI is InChI=1S/C12H14F3NO/c1-8(16-10-4-5-10)9-2-6-11(7-3-9)17-12(13,14)15/h2-3,6-8,10,16H,4-5H2,1H3. The summed E-state index contributed by atoms with van der Waals surface area (Å²) in [5, 5.41) is 3.37. The van der Waals surface area contributed by atoms with Crippen LogP contribution < -0.4 is 10.1 Å². The number of rotatable bonds is 4. The van der Waals surface area contributed by atoms with E-state index >= 15 is 0 Å². The van der Waals surface area contributed by atoms with Gasteiger partial charge in [-0.3, -0.25) is 0 Å². The Bertz CT molecular complexity index is 370. The molecule has 2 rings (SSSR count). The highest BCUT2D eigenvalue weighted by Crippen LogP contribution is 2.26. The van der Waals surface area contributed by atoms with Gasteiger partial charge < -0.3 is 10.1 Å². The molecule has 1 aliphatic rings. The highest BCUT2D eigenvalue weighted by Gasteiger charge is 2.31. The Morgan fingerprint density at radius 1 is 1.24 bits per heavy atom. The van der Waals surface area contributed by atoms with Gasteiger partial charge in [0.2, 0.25) is 0 Å². The minimum Gasteiger partial charge on any atom is -0.406 e. The molecule has 1 aliphatic carbocycles. The smallest absolute Gasteiger partial charge is 0.406 e. The van der Waals surface area contributed by atoms with Crippen LogP contribution in [0.1, 0.15) is 31.4 Å². The van der Waals surface area contributed by atoms with Crippen LogP contribution in [0.2, 0.25) is 0 Å². The van der Waals surface area contributed by atoms with Crippen molar-refractivity contribution in [2.24, 2.45) is 0 Å². The summed E-state index contributed by atoms with van der Waals surface area (Å²) in [4.78, 5) is 0. The number of hydrogen-bond acceptors (Lipinski definition) is 2. The summed E-state index contributed by atoms with van der Waals surface area (Å²) < 4.78 is 39.6. The largest absolute Gasteiger partial charge is 0.573 e. The molecule has 17 heavy (non-hydrogen) atoms. The predicted octanol–water partition coefficient (Wildman–Crippen LogP) is 3.40. The number of ether oxygens (including phenoxy) is 1. The summed E-state index contributed by atoms with van der Waals surface area (Å²) in [6.45, 7) is 2.00. The molecule has 5 heteroatoms. The molecule has 0 bridgehead atoms. The summed E-state index contributed by atoms with van der Waals surface area (Å²) in [5.41, 5.74) is 0.964. The number of alkyl halides is 3. The Morgan fingerprint density at radius 3 is 2.29 bits per heavy atom. The first-order valence-electron chi connectivity index (χ1n) is 5.56. The molecular formula is C12H14F3NO. The zero-order valence-electron chi connectivity index (χ0n) is 9.42. The molecule has 1 fully saturated rings. The van der Waals surface area contributed by atoms with Crippen molar-refractivity contribution >= 4 is 0 Å². The SMILES string of the molecule is CC(NC1CC1)c1ccc(OC(F)(F)F)cc1. The van der Waals surface area contributed by atoms with Crippen LogP contribution >= 0.6 is 0 Å². The van der Waals surface area contributed by atoms with Gasteiger partial charge in [0.25, 0.3) is 0 Å². The van der Waals surface area contributed by atoms with Gasteiger partial charge in [0.15, 0.2) is 0 Å². The van der Waals surface area contributed by atoms with Crippen molar-refractivity contribution < 1.29 is 17.9 Å². The Kier molecular flexibility index (Phi) is 3.28. The van der Waals surface area contributed by atoms with E-state index in [0.29, 0.717) is 6.04 Å². The second-order valence-corrected chi connectivity index (χ2v) is 4.28. The molecule has 0 aromatic heterocycles. The molecule has 1 N–H and O–H groups in total. The second kappa shape index (κ2) is 4.56. The van der Waals surface area contributed by atoms with Crippen molar-refractivity contribution in [3.8, 4) is 5.75 Å². The lowest BCUT2D eigenvalue weighted by Crippen LogP contribution is -2.20. The first kappa shape index (κ1) is 12.2. The van der Waals surface area contributed by atoms with E-state index < -0.39 is 6.36 Å². The average molecular weight is 245 g/mol. The molecule has 2 nitrogen and oxygen atoms in total. The van der Waals surface area contributed by atoms with E-state index in [1.54, 1.807) is 12.1 Å². The quantitative estimate of drug-likeness (QED) is 0.877. The third-order valence-electron chi connectivity index (χ3n) is 2.68. The molecule has 94 valence electrons. The first-order chi connectivity index (χ1) is 7.94. The molecular weight excluding hydrogens is 231 g/mol. The molecule has 0 spiro atoms. The normalized spacial score (nSPS) is 17.9. The maximum absolute atomic E-state index is 11.9. The Morgan fingerprint density at radius 2 is 1.82 bits per heavy atom. The van der Waals surface area contributed by atoms with Crippen LogP contribution in [-0.4, -0.2) is 12.4 Å². The van der Waals surface area contributed by atoms with Crippen LogP contribution in [0.3, 0.4) is 0 Å². The van der Waals surface area contributed by atoms with Gasteiger partial charge in [-0.15, -0.1) is 13.2 Å². The van der Waals surface area contributed by atoms with E-state index in [4.69, 9.17) is 0 Å². The van der Waals surface area contributed by atoms with Crippen LogP contribution in [-0.2, 0) is 0 Å². The van der Waals surface area contributed by atoms with Crippen LogP contribution in [0.4, 0.5) is 13.2 Å². The van der Waals surface area contributed by atoms with Gasteiger partial charge in [-0.05, 0) is 37.5 Å². The number of halogens is 3. The second-order valence-electron chi connectivity index (χ2n) is 4.28. The fourth-order valence-electron chi connectivity index (χ4n) is 1.66. The van der Waals surface area contributed by atoms with Gasteiger partial charge in [0, 0.05) is 12.1 Å². The minimum atomic E-state index is -4.63. The molecule has 1 unspecified atom stereocenters. The molecule has 0 radical (unpaired) electrons. The van der Waals surface area contributed by atoms with Gasteiger partial charge in [0.05, 0.1) is 0 Å². The zero-order valence-corrected chi connectivity index (χ0v) is 9.42. The molecule has 0 saturated heterocycles. The highest BCUT2D eigenvalue weighted by molar-refractivity contribution is 5.29. The van der Waals surface area contributed by atoms with Crippen LogP contribution in [0.25, 0.3) is 0 Å². The van der Waals surface area contributed by atoms with Crippen molar-refractivity contribution in [1.82, 2.24) is 5.32 Å². The maximum atomic E-state index is 11.9. The number of benzene rings is 1. The number of hydrogen-bond donors (Lipinski definition) is 1. The van der Waals surface area contributed by atoms with Crippen molar-refractivity contribution in [2.45, 2.75) is 38.2 Å². The van der Waals surface area contributed by atoms with Crippen molar-refractivity contribution in [2.75, 3.05) is 0 Å². The summed E-state index contributed by atoms with van der Waals surface area (Å²) in [5.74, 6) is -0.181. The fraction of sp³-hybridized carbons (Fsp3) is 0.500. The van der Waals surface area contributed by atoms with Crippen molar-refractivity contribution in [3.05, 3.63) is 29.8 Å². The number of nitrogens with one attached hydrogen (secondary N) is 1. The summed E-state index contributed by atoms with van der Waals surface area (Å²) >= 11 is 0. The van der Waals surface area contributed by atoms with Crippen molar-refractivity contribution in [1.29, 1.82) is 0 Å². The van der Waals surface area contributed by atoms with E-state index in [9.17, 15) is 13.2 Å². The minimum absolute atomic E-state index is 0.155. The summed E-state index contributed by atoms with van der Waals surface area (Å²) in [7, 11) is 0.